The van der Waals surface area contributed by atoms with Crippen molar-refractivity contribution < 1.29 is 17.9 Å². The van der Waals surface area contributed by atoms with E-state index in [1.54, 1.807) is 25.1 Å². The number of aromatic nitrogens is 2. The number of hydrogen-bond acceptors (Lipinski definition) is 6. The smallest absolute Gasteiger partial charge is 0.254 e. The molecule has 1 aromatic heterocycles. The number of nitrogens with zero attached hydrogens (tertiary/aromatic N) is 2. The van der Waals surface area contributed by atoms with Crippen molar-refractivity contribution in [1.82, 2.24) is 14.3 Å². The lowest BCUT2D eigenvalue weighted by Gasteiger charge is -2.18. The van der Waals surface area contributed by atoms with Gasteiger partial charge in [-0.2, -0.15) is 4.31 Å². The van der Waals surface area contributed by atoms with E-state index in [4.69, 9.17) is 9.47 Å². The van der Waals surface area contributed by atoms with Crippen LogP contribution in [-0.4, -0.2) is 54.2 Å². The normalized spacial score (nSPS) is 17.8. The fourth-order valence-electron chi connectivity index (χ4n) is 3.01. The van der Waals surface area contributed by atoms with Crippen LogP contribution >= 0.6 is 0 Å². The summed E-state index contributed by atoms with van der Waals surface area (Å²) in [6.45, 7) is 6.27. The minimum Gasteiger partial charge on any atom is -0.491 e. The predicted molar refractivity (Wildman–Crippen MR) is 106 cm³/mol. The van der Waals surface area contributed by atoms with Crippen LogP contribution in [0.15, 0.2) is 29.2 Å². The third-order valence-corrected chi connectivity index (χ3v) is 5.65. The van der Waals surface area contributed by atoms with Gasteiger partial charge in [0, 0.05) is 29.9 Å². The van der Waals surface area contributed by atoms with Crippen molar-refractivity contribution >= 4 is 10.0 Å². The molecule has 2 heterocycles. The molecule has 3 rings (SSSR count). The Hall–Kier alpha value is -2.39. The first-order chi connectivity index (χ1) is 13.1. The van der Waals surface area contributed by atoms with Gasteiger partial charge >= 0.3 is 0 Å². The zero-order valence-electron chi connectivity index (χ0n) is 16.4. The number of ether oxygens (including phenoxy) is 2. The lowest BCUT2D eigenvalue weighted by atomic mass is 10.1. The van der Waals surface area contributed by atoms with Gasteiger partial charge in [0.2, 0.25) is 10.0 Å². The van der Waals surface area contributed by atoms with Crippen molar-refractivity contribution in [2.75, 3.05) is 19.3 Å². The highest BCUT2D eigenvalue weighted by Crippen LogP contribution is 2.30. The number of aryl methyl sites for hydroxylation is 1. The van der Waals surface area contributed by atoms with Crippen LogP contribution in [0.3, 0.4) is 0 Å². The molecule has 8 nitrogen and oxygen atoms in total. The molecule has 0 amide bonds. The molecule has 1 aliphatic rings. The molecule has 1 aliphatic heterocycles. The van der Waals surface area contributed by atoms with E-state index in [-0.39, 0.29) is 17.8 Å². The Morgan fingerprint density at radius 2 is 1.96 bits per heavy atom. The Balaban J connectivity index is 1.90. The summed E-state index contributed by atoms with van der Waals surface area (Å²) in [5.41, 5.74) is 0.979. The molecular formula is C19H25N3O5S. The van der Waals surface area contributed by atoms with E-state index in [0.29, 0.717) is 48.0 Å². The Morgan fingerprint density at radius 3 is 2.57 bits per heavy atom. The summed E-state index contributed by atoms with van der Waals surface area (Å²) in [5, 5.41) is 0. The van der Waals surface area contributed by atoms with Gasteiger partial charge in [0.05, 0.1) is 18.9 Å². The molecule has 1 aromatic carbocycles. The minimum absolute atomic E-state index is 0.0414. The molecule has 0 bridgehead atoms. The van der Waals surface area contributed by atoms with Crippen molar-refractivity contribution in [1.29, 1.82) is 0 Å². The second-order valence-corrected chi connectivity index (χ2v) is 9.24. The fourth-order valence-corrected chi connectivity index (χ4v) is 3.88. The quantitative estimate of drug-likeness (QED) is 0.785. The van der Waals surface area contributed by atoms with Gasteiger partial charge in [-0.05, 0) is 39.3 Å². The van der Waals surface area contributed by atoms with Gasteiger partial charge in [0.25, 0.3) is 5.56 Å². The van der Waals surface area contributed by atoms with Crippen molar-refractivity contribution in [3.05, 3.63) is 40.3 Å². The SMILES string of the molecule is Cc1cnc(-c2cc(OC(C)C)cc(OC3CCN(S(C)(=O)=O)C3)c2)[nH]c1=O. The molecule has 1 N–H and O–H groups in total. The maximum atomic E-state index is 11.9. The maximum absolute atomic E-state index is 11.9. The van der Waals surface area contributed by atoms with Gasteiger partial charge < -0.3 is 14.5 Å². The van der Waals surface area contributed by atoms with Gasteiger partial charge in [-0.3, -0.25) is 4.79 Å². The molecule has 2 aromatic rings. The van der Waals surface area contributed by atoms with Gasteiger partial charge in [0.1, 0.15) is 23.4 Å². The first kappa shape index (κ1) is 20.3. The van der Waals surface area contributed by atoms with Crippen LogP contribution in [0.4, 0.5) is 0 Å². The minimum atomic E-state index is -3.23. The number of hydrogen-bond donors (Lipinski definition) is 1. The van der Waals surface area contributed by atoms with Gasteiger partial charge in [0.15, 0.2) is 0 Å². The Labute approximate surface area is 164 Å². The van der Waals surface area contributed by atoms with Crippen molar-refractivity contribution in [2.45, 2.75) is 39.4 Å². The summed E-state index contributed by atoms with van der Waals surface area (Å²) < 4.78 is 36.7. The highest BCUT2D eigenvalue weighted by atomic mass is 32.2. The molecule has 9 heteroatoms. The van der Waals surface area contributed by atoms with E-state index in [1.807, 2.05) is 13.8 Å². The molecule has 152 valence electrons. The van der Waals surface area contributed by atoms with E-state index in [2.05, 4.69) is 9.97 Å². The number of nitrogens with one attached hydrogen (secondary N) is 1. The summed E-state index contributed by atoms with van der Waals surface area (Å²) in [4.78, 5) is 19.0. The molecule has 1 atom stereocenters. The largest absolute Gasteiger partial charge is 0.491 e. The maximum Gasteiger partial charge on any atom is 0.254 e. The lowest BCUT2D eigenvalue weighted by molar-refractivity contribution is 0.211. The summed E-state index contributed by atoms with van der Waals surface area (Å²) in [5.74, 6) is 1.54. The van der Waals surface area contributed by atoms with Gasteiger partial charge in [-0.1, -0.05) is 0 Å². The summed E-state index contributed by atoms with van der Waals surface area (Å²) in [7, 11) is -3.23. The first-order valence-electron chi connectivity index (χ1n) is 9.11. The Morgan fingerprint density at radius 1 is 1.25 bits per heavy atom. The van der Waals surface area contributed by atoms with Gasteiger partial charge in [-0.15, -0.1) is 0 Å². The summed E-state index contributed by atoms with van der Waals surface area (Å²) in [6.07, 6.45) is 3.04. The summed E-state index contributed by atoms with van der Waals surface area (Å²) in [6, 6.07) is 5.32. The van der Waals surface area contributed by atoms with Crippen LogP contribution in [0.1, 0.15) is 25.8 Å². The zero-order valence-corrected chi connectivity index (χ0v) is 17.2. The molecular weight excluding hydrogens is 382 g/mol. The molecule has 1 fully saturated rings. The number of rotatable bonds is 6. The molecule has 1 saturated heterocycles. The average molecular weight is 407 g/mol. The second-order valence-electron chi connectivity index (χ2n) is 7.25. The fraction of sp³-hybridized carbons (Fsp3) is 0.474. The van der Waals surface area contributed by atoms with Crippen LogP contribution in [0.2, 0.25) is 0 Å². The van der Waals surface area contributed by atoms with E-state index in [9.17, 15) is 13.2 Å². The summed E-state index contributed by atoms with van der Waals surface area (Å²) >= 11 is 0. The average Bonchev–Trinajstić information content (AvgIpc) is 3.05. The van der Waals surface area contributed by atoms with Crippen LogP contribution in [0.5, 0.6) is 11.5 Å². The topological polar surface area (TPSA) is 102 Å². The predicted octanol–water partition coefficient (Wildman–Crippen LogP) is 1.95. The monoisotopic (exact) mass is 407 g/mol. The number of H-pyrrole nitrogens is 1. The first-order valence-corrected chi connectivity index (χ1v) is 11.0. The molecule has 28 heavy (non-hydrogen) atoms. The Kier molecular flexibility index (Phi) is 5.76. The number of benzene rings is 1. The number of sulfonamides is 1. The molecule has 1 unspecified atom stereocenters. The third-order valence-electron chi connectivity index (χ3n) is 4.38. The molecule has 0 aliphatic carbocycles. The van der Waals surface area contributed by atoms with Crippen molar-refractivity contribution in [3.8, 4) is 22.9 Å². The van der Waals surface area contributed by atoms with E-state index >= 15 is 0 Å². The molecule has 0 radical (unpaired) electrons. The van der Waals surface area contributed by atoms with Crippen molar-refractivity contribution in [2.24, 2.45) is 0 Å². The highest BCUT2D eigenvalue weighted by Gasteiger charge is 2.30. The lowest BCUT2D eigenvalue weighted by Crippen LogP contribution is -2.29. The van der Waals surface area contributed by atoms with E-state index < -0.39 is 10.0 Å². The molecule has 0 saturated carbocycles. The van der Waals surface area contributed by atoms with E-state index in [1.165, 1.54) is 16.8 Å². The number of aromatic amines is 1. The van der Waals surface area contributed by atoms with E-state index in [0.717, 1.165) is 0 Å². The van der Waals surface area contributed by atoms with Gasteiger partial charge in [-0.25, -0.2) is 13.4 Å². The van der Waals surface area contributed by atoms with Crippen LogP contribution in [0.25, 0.3) is 11.4 Å². The Bertz CT molecular complexity index is 1020. The standard InChI is InChI=1S/C19H25N3O5S/c1-12(2)26-16-7-14(18-20-10-13(3)19(23)21-18)8-17(9-16)27-15-5-6-22(11-15)28(4,24)25/h7-10,12,15H,5-6,11H2,1-4H3,(H,20,21,23). The third kappa shape index (κ3) is 4.90. The highest BCUT2D eigenvalue weighted by molar-refractivity contribution is 7.88. The van der Waals surface area contributed by atoms with Crippen LogP contribution in [0, 0.1) is 6.92 Å². The second kappa shape index (κ2) is 7.92. The molecule has 0 spiro atoms. The van der Waals surface area contributed by atoms with Crippen molar-refractivity contribution in [3.63, 3.8) is 0 Å². The van der Waals surface area contributed by atoms with Crippen LogP contribution < -0.4 is 15.0 Å². The van der Waals surface area contributed by atoms with Crippen LogP contribution in [-0.2, 0) is 10.0 Å². The zero-order chi connectivity index (χ0) is 20.5.